The van der Waals surface area contributed by atoms with Gasteiger partial charge in [-0.05, 0) is 38.0 Å². The van der Waals surface area contributed by atoms with E-state index < -0.39 is 5.25 Å². The Morgan fingerprint density at radius 3 is 2.56 bits per heavy atom. The number of carbonyl (C=O) groups excluding carboxylic acids is 1. The Labute approximate surface area is 189 Å². The van der Waals surface area contributed by atoms with E-state index in [-0.39, 0.29) is 17.5 Å². The molecule has 0 aliphatic heterocycles. The van der Waals surface area contributed by atoms with Gasteiger partial charge in [0, 0.05) is 6.07 Å². The average molecular weight is 449 g/mol. The standard InChI is InChI=1S/C24H24N4O3S/c1-4-20(22(29)26-21-14-15(2)31-27-21)32-24-25-19-13-9-8-12-18(19)23(30)28(24)16(3)17-10-6-5-7-11-17/h5-14,16,20H,4H2,1-3H3,(H,26,27,29). The first-order chi connectivity index (χ1) is 15.5. The Balaban J connectivity index is 1.74. The molecule has 4 rings (SSSR count). The molecule has 1 amide bonds. The summed E-state index contributed by atoms with van der Waals surface area (Å²) in [5, 5.41) is 7.21. The molecular formula is C24H24N4O3S. The van der Waals surface area contributed by atoms with Gasteiger partial charge in [0.05, 0.1) is 22.2 Å². The molecule has 1 N–H and O–H groups in total. The number of thioether (sulfide) groups is 1. The Morgan fingerprint density at radius 1 is 1.16 bits per heavy atom. The summed E-state index contributed by atoms with van der Waals surface area (Å²) < 4.78 is 6.71. The van der Waals surface area contributed by atoms with E-state index in [4.69, 9.17) is 9.51 Å². The number of anilines is 1. The van der Waals surface area contributed by atoms with Crippen molar-refractivity contribution in [2.24, 2.45) is 0 Å². The topological polar surface area (TPSA) is 90.0 Å². The Kier molecular flexibility index (Phi) is 6.41. The van der Waals surface area contributed by atoms with Crippen LogP contribution < -0.4 is 10.9 Å². The second-order valence-corrected chi connectivity index (χ2v) is 8.67. The molecule has 2 unspecified atom stereocenters. The predicted octanol–water partition coefficient (Wildman–Crippen LogP) is 4.81. The number of hydrogen-bond acceptors (Lipinski definition) is 6. The van der Waals surface area contributed by atoms with Crippen LogP contribution in [0.4, 0.5) is 5.82 Å². The van der Waals surface area contributed by atoms with Crippen LogP contribution in [0.2, 0.25) is 0 Å². The highest BCUT2D eigenvalue weighted by atomic mass is 32.2. The zero-order chi connectivity index (χ0) is 22.7. The second-order valence-electron chi connectivity index (χ2n) is 7.50. The van der Waals surface area contributed by atoms with Crippen LogP contribution in [0, 0.1) is 6.92 Å². The van der Waals surface area contributed by atoms with Crippen molar-refractivity contribution in [3.63, 3.8) is 0 Å². The lowest BCUT2D eigenvalue weighted by molar-refractivity contribution is -0.115. The van der Waals surface area contributed by atoms with Gasteiger partial charge >= 0.3 is 0 Å². The Morgan fingerprint density at radius 2 is 1.88 bits per heavy atom. The van der Waals surface area contributed by atoms with E-state index in [9.17, 15) is 9.59 Å². The highest BCUT2D eigenvalue weighted by Crippen LogP contribution is 2.29. The summed E-state index contributed by atoms with van der Waals surface area (Å²) >= 11 is 1.28. The molecule has 0 aliphatic carbocycles. The van der Waals surface area contributed by atoms with Gasteiger partial charge in [0.1, 0.15) is 5.76 Å². The summed E-state index contributed by atoms with van der Waals surface area (Å²) in [6, 6.07) is 18.5. The molecule has 2 aromatic heterocycles. The minimum atomic E-state index is -0.464. The van der Waals surface area contributed by atoms with Crippen molar-refractivity contribution in [2.75, 3.05) is 5.32 Å². The van der Waals surface area contributed by atoms with Crippen LogP contribution in [-0.4, -0.2) is 25.9 Å². The van der Waals surface area contributed by atoms with Crippen LogP contribution in [0.3, 0.4) is 0 Å². The highest BCUT2D eigenvalue weighted by Gasteiger charge is 2.25. The van der Waals surface area contributed by atoms with Gasteiger partial charge in [0.2, 0.25) is 5.91 Å². The molecule has 32 heavy (non-hydrogen) atoms. The number of amides is 1. The number of nitrogens with zero attached hydrogens (tertiary/aromatic N) is 3. The van der Waals surface area contributed by atoms with E-state index in [0.717, 1.165) is 5.56 Å². The summed E-state index contributed by atoms with van der Waals surface area (Å²) in [6.07, 6.45) is 0.551. The molecule has 8 heteroatoms. The molecule has 2 atom stereocenters. The second kappa shape index (κ2) is 9.40. The van der Waals surface area contributed by atoms with Crippen molar-refractivity contribution in [3.8, 4) is 0 Å². The third-order valence-corrected chi connectivity index (χ3v) is 6.57. The molecule has 4 aromatic rings. The van der Waals surface area contributed by atoms with Crippen molar-refractivity contribution in [2.45, 2.75) is 43.6 Å². The number of hydrogen-bond donors (Lipinski definition) is 1. The smallest absolute Gasteiger partial charge is 0.262 e. The molecule has 2 aromatic carbocycles. The molecule has 7 nitrogen and oxygen atoms in total. The van der Waals surface area contributed by atoms with Crippen LogP contribution in [0.25, 0.3) is 10.9 Å². The Hall–Kier alpha value is -3.39. The van der Waals surface area contributed by atoms with Gasteiger partial charge < -0.3 is 9.84 Å². The average Bonchev–Trinajstić information content (AvgIpc) is 3.22. The van der Waals surface area contributed by atoms with Crippen molar-refractivity contribution in [3.05, 3.63) is 82.3 Å². The third kappa shape index (κ3) is 4.45. The normalized spacial score (nSPS) is 13.1. The van der Waals surface area contributed by atoms with E-state index in [1.165, 1.54) is 11.8 Å². The minimum Gasteiger partial charge on any atom is -0.360 e. The van der Waals surface area contributed by atoms with E-state index in [0.29, 0.717) is 34.1 Å². The SMILES string of the molecule is CCC(Sc1nc2ccccc2c(=O)n1C(C)c1ccccc1)C(=O)Nc1cc(C)on1. The first-order valence-corrected chi connectivity index (χ1v) is 11.3. The number of fused-ring (bicyclic) bond motifs is 1. The monoisotopic (exact) mass is 448 g/mol. The maximum atomic E-state index is 13.5. The van der Waals surface area contributed by atoms with E-state index >= 15 is 0 Å². The molecule has 0 aliphatic rings. The molecule has 0 saturated heterocycles. The number of aryl methyl sites for hydroxylation is 1. The molecule has 0 fully saturated rings. The zero-order valence-electron chi connectivity index (χ0n) is 18.1. The fraction of sp³-hybridized carbons (Fsp3) is 0.250. The summed E-state index contributed by atoms with van der Waals surface area (Å²) in [5.41, 5.74) is 1.47. The van der Waals surface area contributed by atoms with Crippen LogP contribution in [0.5, 0.6) is 0 Å². The Bertz CT molecular complexity index is 1300. The van der Waals surface area contributed by atoms with Crippen molar-refractivity contribution < 1.29 is 9.32 Å². The van der Waals surface area contributed by atoms with E-state index in [2.05, 4.69) is 10.5 Å². The lowest BCUT2D eigenvalue weighted by Crippen LogP contribution is -2.30. The fourth-order valence-electron chi connectivity index (χ4n) is 3.51. The maximum absolute atomic E-state index is 13.5. The first-order valence-electron chi connectivity index (χ1n) is 10.4. The number of rotatable bonds is 7. The van der Waals surface area contributed by atoms with Gasteiger partial charge in [-0.1, -0.05) is 66.3 Å². The number of benzene rings is 2. The molecule has 0 saturated carbocycles. The van der Waals surface area contributed by atoms with E-state index in [1.807, 2.05) is 62.4 Å². The van der Waals surface area contributed by atoms with Crippen LogP contribution in [-0.2, 0) is 4.79 Å². The largest absolute Gasteiger partial charge is 0.360 e. The molecule has 0 radical (unpaired) electrons. The molecule has 164 valence electrons. The lowest BCUT2D eigenvalue weighted by atomic mass is 10.1. The van der Waals surface area contributed by atoms with Gasteiger partial charge in [-0.3, -0.25) is 14.2 Å². The summed E-state index contributed by atoms with van der Waals surface area (Å²) in [5.74, 6) is 0.767. The van der Waals surface area contributed by atoms with Crippen molar-refractivity contribution >= 4 is 34.4 Å². The van der Waals surface area contributed by atoms with Crippen LogP contribution >= 0.6 is 11.8 Å². The lowest BCUT2D eigenvalue weighted by Gasteiger charge is -2.22. The zero-order valence-corrected chi connectivity index (χ0v) is 18.9. The summed E-state index contributed by atoms with van der Waals surface area (Å²) in [7, 11) is 0. The molecular weight excluding hydrogens is 424 g/mol. The quantitative estimate of drug-likeness (QED) is 0.322. The molecule has 0 bridgehead atoms. The van der Waals surface area contributed by atoms with Crippen LogP contribution in [0.1, 0.15) is 37.6 Å². The molecule has 2 heterocycles. The third-order valence-electron chi connectivity index (χ3n) is 5.23. The number of nitrogens with one attached hydrogen (secondary N) is 1. The highest BCUT2D eigenvalue weighted by molar-refractivity contribution is 8.00. The fourth-order valence-corrected chi connectivity index (χ4v) is 4.61. The maximum Gasteiger partial charge on any atom is 0.262 e. The first kappa shape index (κ1) is 21.8. The van der Waals surface area contributed by atoms with Gasteiger partial charge in [-0.15, -0.1) is 0 Å². The molecule has 0 spiro atoms. The van der Waals surface area contributed by atoms with Crippen molar-refractivity contribution in [1.29, 1.82) is 0 Å². The van der Waals surface area contributed by atoms with Gasteiger partial charge in [-0.25, -0.2) is 4.98 Å². The van der Waals surface area contributed by atoms with Gasteiger partial charge in [0.15, 0.2) is 11.0 Å². The van der Waals surface area contributed by atoms with E-state index in [1.54, 1.807) is 23.6 Å². The van der Waals surface area contributed by atoms with Crippen molar-refractivity contribution in [1.82, 2.24) is 14.7 Å². The summed E-state index contributed by atoms with van der Waals surface area (Å²) in [6.45, 7) is 5.66. The number of aromatic nitrogens is 3. The predicted molar refractivity (Wildman–Crippen MR) is 126 cm³/mol. The minimum absolute atomic E-state index is 0.128. The van der Waals surface area contributed by atoms with Gasteiger partial charge in [0.25, 0.3) is 5.56 Å². The summed E-state index contributed by atoms with van der Waals surface area (Å²) in [4.78, 5) is 31.2. The number of carbonyl (C=O) groups is 1. The van der Waals surface area contributed by atoms with Crippen LogP contribution in [0.15, 0.2) is 75.1 Å². The number of para-hydroxylation sites is 1. The van der Waals surface area contributed by atoms with Gasteiger partial charge in [-0.2, -0.15) is 0 Å².